The van der Waals surface area contributed by atoms with Crippen molar-refractivity contribution in [3.8, 4) is 0 Å². The van der Waals surface area contributed by atoms with Crippen LogP contribution in [0.1, 0.15) is 6.92 Å². The average Bonchev–Trinajstić information content (AvgIpc) is 2.38. The van der Waals surface area contributed by atoms with Crippen LogP contribution in [0.25, 0.3) is 0 Å². The van der Waals surface area contributed by atoms with E-state index in [9.17, 15) is 13.8 Å². The summed E-state index contributed by atoms with van der Waals surface area (Å²) in [5.41, 5.74) is 0. The smallest absolute Gasteiger partial charge is 0.334 e. The lowest BCUT2D eigenvalue weighted by molar-refractivity contribution is -0.154. The number of nitrogens with one attached hydrogen (secondary N) is 1. The first kappa shape index (κ1) is 14.9. The number of nitrogens with zero attached hydrogens (tertiary/aromatic N) is 1. The summed E-state index contributed by atoms with van der Waals surface area (Å²) in [5, 5.41) is 11.4. The Balaban J connectivity index is 2.32. The van der Waals surface area contributed by atoms with E-state index in [0.717, 1.165) is 0 Å². The Hall–Kier alpha value is -1.15. The molecule has 0 radical (unpaired) electrons. The van der Waals surface area contributed by atoms with Gasteiger partial charge in [-0.2, -0.15) is 0 Å². The van der Waals surface area contributed by atoms with E-state index in [1.165, 1.54) is 4.90 Å². The maximum atomic E-state index is 11.7. The first-order valence-electron chi connectivity index (χ1n) is 5.76. The third-order valence-corrected chi connectivity index (χ3v) is 3.86. The van der Waals surface area contributed by atoms with Crippen molar-refractivity contribution >= 4 is 22.8 Å². The van der Waals surface area contributed by atoms with Gasteiger partial charge in [-0.3, -0.25) is 4.21 Å². The van der Waals surface area contributed by atoms with Gasteiger partial charge in [-0.15, -0.1) is 0 Å². The minimum atomic E-state index is -1.07. The number of morpholine rings is 1. The van der Waals surface area contributed by atoms with E-state index < -0.39 is 22.9 Å². The van der Waals surface area contributed by atoms with Crippen LogP contribution in [0.5, 0.6) is 0 Å². The Morgan fingerprint density at radius 1 is 1.56 bits per heavy atom. The predicted octanol–water partition coefficient (Wildman–Crippen LogP) is -0.750. The zero-order chi connectivity index (χ0) is 13.5. The van der Waals surface area contributed by atoms with Gasteiger partial charge in [-0.25, -0.2) is 9.59 Å². The van der Waals surface area contributed by atoms with Crippen molar-refractivity contribution in [2.24, 2.45) is 0 Å². The predicted molar refractivity (Wildman–Crippen MR) is 65.9 cm³/mol. The molecule has 2 unspecified atom stereocenters. The third-order valence-electron chi connectivity index (χ3n) is 2.56. The summed E-state index contributed by atoms with van der Waals surface area (Å²) in [5.74, 6) is -0.0942. The molecule has 0 aromatic carbocycles. The fourth-order valence-corrected chi connectivity index (χ4v) is 2.13. The molecule has 0 aliphatic carbocycles. The second kappa shape index (κ2) is 7.32. The third kappa shape index (κ3) is 4.61. The first-order valence-corrected chi connectivity index (χ1v) is 7.25. The number of amides is 2. The highest BCUT2D eigenvalue weighted by Crippen LogP contribution is 2.05. The molecule has 1 heterocycles. The highest BCUT2D eigenvalue weighted by atomic mass is 32.2. The lowest BCUT2D eigenvalue weighted by atomic mass is 10.3. The minimum Gasteiger partial charge on any atom is -0.479 e. The summed E-state index contributed by atoms with van der Waals surface area (Å²) < 4.78 is 16.2. The van der Waals surface area contributed by atoms with Crippen molar-refractivity contribution in [3.63, 3.8) is 0 Å². The van der Waals surface area contributed by atoms with Crippen LogP contribution in [-0.2, 0) is 20.3 Å². The molecule has 1 saturated heterocycles. The normalized spacial score (nSPS) is 21.4. The summed E-state index contributed by atoms with van der Waals surface area (Å²) in [4.78, 5) is 23.8. The summed E-state index contributed by atoms with van der Waals surface area (Å²) in [7, 11) is -0.915. The van der Waals surface area contributed by atoms with Gasteiger partial charge in [0.05, 0.1) is 13.2 Å². The zero-order valence-electron chi connectivity index (χ0n) is 10.3. The topological polar surface area (TPSA) is 95.9 Å². The maximum Gasteiger partial charge on any atom is 0.334 e. The fraction of sp³-hybridized carbons (Fsp3) is 0.800. The zero-order valence-corrected chi connectivity index (χ0v) is 11.1. The van der Waals surface area contributed by atoms with Gasteiger partial charge >= 0.3 is 12.0 Å². The van der Waals surface area contributed by atoms with Crippen molar-refractivity contribution in [1.29, 1.82) is 0 Å². The molecule has 18 heavy (non-hydrogen) atoms. The standard InChI is InChI=1S/C10H18N2O5S/c1-2-18(16)6-3-11-10(15)12-4-5-17-8(7-12)9(13)14/h8H,2-7H2,1H3,(H,11,15)(H,13,14). The van der Waals surface area contributed by atoms with Crippen molar-refractivity contribution < 1.29 is 23.6 Å². The van der Waals surface area contributed by atoms with Gasteiger partial charge in [-0.1, -0.05) is 6.92 Å². The highest BCUT2D eigenvalue weighted by Gasteiger charge is 2.28. The van der Waals surface area contributed by atoms with Crippen LogP contribution >= 0.6 is 0 Å². The Bertz CT molecular complexity index is 336. The molecule has 2 N–H and O–H groups in total. The summed E-state index contributed by atoms with van der Waals surface area (Å²) >= 11 is 0. The molecule has 2 amide bonds. The van der Waals surface area contributed by atoms with E-state index in [0.29, 0.717) is 24.6 Å². The van der Waals surface area contributed by atoms with E-state index in [1.54, 1.807) is 0 Å². The lowest BCUT2D eigenvalue weighted by Gasteiger charge is -2.30. The molecule has 0 spiro atoms. The molecule has 0 bridgehead atoms. The maximum absolute atomic E-state index is 11.7. The quantitative estimate of drug-likeness (QED) is 0.690. The molecule has 1 fully saturated rings. The number of carbonyl (C=O) groups excluding carboxylic acids is 1. The number of hydrogen-bond acceptors (Lipinski definition) is 4. The van der Waals surface area contributed by atoms with Gasteiger partial charge in [0.2, 0.25) is 0 Å². The number of hydrogen-bond donors (Lipinski definition) is 2. The number of rotatable bonds is 5. The van der Waals surface area contributed by atoms with Crippen LogP contribution < -0.4 is 5.32 Å². The van der Waals surface area contributed by atoms with Crippen molar-refractivity contribution in [2.45, 2.75) is 13.0 Å². The van der Waals surface area contributed by atoms with Crippen molar-refractivity contribution in [1.82, 2.24) is 10.2 Å². The molecule has 1 aliphatic heterocycles. The summed E-state index contributed by atoms with van der Waals surface area (Å²) in [6.45, 7) is 2.77. The van der Waals surface area contributed by atoms with Gasteiger partial charge in [0.25, 0.3) is 0 Å². The molecule has 0 aromatic heterocycles. The van der Waals surface area contributed by atoms with Crippen LogP contribution in [0.4, 0.5) is 4.79 Å². The first-order chi connectivity index (χ1) is 8.54. The Morgan fingerprint density at radius 3 is 2.89 bits per heavy atom. The van der Waals surface area contributed by atoms with E-state index in [-0.39, 0.29) is 19.2 Å². The lowest BCUT2D eigenvalue weighted by Crippen LogP contribution is -2.52. The van der Waals surface area contributed by atoms with Crippen LogP contribution in [0.15, 0.2) is 0 Å². The van der Waals surface area contributed by atoms with Gasteiger partial charge < -0.3 is 20.1 Å². The van der Waals surface area contributed by atoms with Crippen LogP contribution in [0.2, 0.25) is 0 Å². The molecule has 2 atom stereocenters. The van der Waals surface area contributed by atoms with E-state index in [2.05, 4.69) is 5.32 Å². The molecular weight excluding hydrogens is 260 g/mol. The molecule has 0 aromatic rings. The molecule has 104 valence electrons. The van der Waals surface area contributed by atoms with Gasteiger partial charge in [-0.05, 0) is 0 Å². The molecule has 1 aliphatic rings. The van der Waals surface area contributed by atoms with Gasteiger partial charge in [0.15, 0.2) is 6.10 Å². The largest absolute Gasteiger partial charge is 0.479 e. The number of carboxylic acids is 1. The van der Waals surface area contributed by atoms with Crippen LogP contribution in [-0.4, -0.2) is 70.1 Å². The minimum absolute atomic E-state index is 0.0397. The number of ether oxygens (including phenoxy) is 1. The molecule has 1 rings (SSSR count). The van der Waals surface area contributed by atoms with E-state index in [1.807, 2.05) is 6.92 Å². The second-order valence-corrected chi connectivity index (χ2v) is 5.67. The fourth-order valence-electron chi connectivity index (χ4n) is 1.51. The second-order valence-electron chi connectivity index (χ2n) is 3.81. The molecule has 8 heteroatoms. The van der Waals surface area contributed by atoms with Gasteiger partial charge in [0, 0.05) is 35.4 Å². The van der Waals surface area contributed by atoms with E-state index in [4.69, 9.17) is 9.84 Å². The molecule has 0 saturated carbocycles. The number of aliphatic carboxylic acids is 1. The molecule has 7 nitrogen and oxygen atoms in total. The summed E-state index contributed by atoms with van der Waals surface area (Å²) in [6, 6.07) is -0.336. The van der Waals surface area contributed by atoms with Crippen molar-refractivity contribution in [2.75, 3.05) is 37.7 Å². The van der Waals surface area contributed by atoms with Gasteiger partial charge in [0.1, 0.15) is 0 Å². The van der Waals surface area contributed by atoms with Crippen LogP contribution in [0.3, 0.4) is 0 Å². The SMILES string of the molecule is CCS(=O)CCNC(=O)N1CCOC(C(=O)O)C1. The monoisotopic (exact) mass is 278 g/mol. The van der Waals surface area contributed by atoms with Crippen LogP contribution in [0, 0.1) is 0 Å². The number of carboxylic acid groups (broad SMARTS) is 1. The molecular formula is C10H18N2O5S. The number of carbonyl (C=O) groups is 2. The number of urea groups is 1. The average molecular weight is 278 g/mol. The Labute approximate surface area is 108 Å². The van der Waals surface area contributed by atoms with E-state index >= 15 is 0 Å². The van der Waals surface area contributed by atoms with Crippen molar-refractivity contribution in [3.05, 3.63) is 0 Å². The summed E-state index contributed by atoms with van der Waals surface area (Å²) in [6.07, 6.45) is -0.964. The Kier molecular flexibility index (Phi) is 6.06. The highest BCUT2D eigenvalue weighted by molar-refractivity contribution is 7.84. The Morgan fingerprint density at radius 2 is 2.28 bits per heavy atom.